The standard InChI is InChI=1S/C24H20N6O2/c25-12-14-5-6-30-19(13-26-20(30)7-14)23(32)27-16-10-24(11-16)8-15(9-24)21-17-3-1-2-4-18(17)22(31)29-28-21/h1-7,13,15-16H,8-11H2,(H,27,32)(H,29,31)/t15-,16-,24?. The summed E-state index contributed by atoms with van der Waals surface area (Å²) < 4.78 is 1.71. The number of hydrogen-bond donors (Lipinski definition) is 2. The van der Waals surface area contributed by atoms with Crippen molar-refractivity contribution in [1.82, 2.24) is 24.9 Å². The highest BCUT2D eigenvalue weighted by molar-refractivity contribution is 5.93. The fourth-order valence-corrected chi connectivity index (χ4v) is 5.52. The van der Waals surface area contributed by atoms with Crippen molar-refractivity contribution in [3.8, 4) is 6.07 Å². The number of imidazole rings is 1. The van der Waals surface area contributed by atoms with Crippen LogP contribution in [0.2, 0.25) is 0 Å². The number of carbonyl (C=O) groups is 1. The average molecular weight is 424 g/mol. The van der Waals surface area contributed by atoms with Crippen LogP contribution in [0.15, 0.2) is 53.6 Å². The number of fused-ring (bicyclic) bond motifs is 2. The van der Waals surface area contributed by atoms with Gasteiger partial charge in [0.25, 0.3) is 11.5 Å². The van der Waals surface area contributed by atoms with Crippen molar-refractivity contribution in [3.05, 3.63) is 76.1 Å². The highest BCUT2D eigenvalue weighted by atomic mass is 16.2. The van der Waals surface area contributed by atoms with Gasteiger partial charge in [0.15, 0.2) is 0 Å². The third-order valence-electron chi connectivity index (χ3n) is 7.04. The minimum Gasteiger partial charge on any atom is -0.348 e. The first-order chi connectivity index (χ1) is 15.5. The molecule has 6 rings (SSSR count). The Bertz CT molecular complexity index is 1480. The van der Waals surface area contributed by atoms with E-state index in [1.165, 1.54) is 0 Å². The van der Waals surface area contributed by atoms with Gasteiger partial charge in [-0.15, -0.1) is 0 Å². The van der Waals surface area contributed by atoms with Gasteiger partial charge in [0.05, 0.1) is 28.9 Å². The van der Waals surface area contributed by atoms with Crippen LogP contribution in [0.25, 0.3) is 16.4 Å². The van der Waals surface area contributed by atoms with E-state index >= 15 is 0 Å². The topological polar surface area (TPSA) is 116 Å². The maximum Gasteiger partial charge on any atom is 0.272 e. The number of hydrogen-bond acceptors (Lipinski definition) is 5. The average Bonchev–Trinajstić information content (AvgIpc) is 3.18. The number of benzene rings is 1. The molecule has 1 aromatic carbocycles. The molecule has 4 aromatic rings. The van der Waals surface area contributed by atoms with Gasteiger partial charge in [-0.25, -0.2) is 10.1 Å². The second-order valence-corrected chi connectivity index (χ2v) is 9.07. The summed E-state index contributed by atoms with van der Waals surface area (Å²) in [6.45, 7) is 0. The van der Waals surface area contributed by atoms with Crippen molar-refractivity contribution in [2.24, 2.45) is 5.41 Å². The normalized spacial score (nSPS) is 24.1. The van der Waals surface area contributed by atoms with Crippen LogP contribution in [0.4, 0.5) is 0 Å². The van der Waals surface area contributed by atoms with Crippen LogP contribution < -0.4 is 10.9 Å². The van der Waals surface area contributed by atoms with Crippen molar-refractivity contribution in [2.45, 2.75) is 37.6 Å². The smallest absolute Gasteiger partial charge is 0.272 e. The zero-order chi connectivity index (χ0) is 21.9. The van der Waals surface area contributed by atoms with Crippen molar-refractivity contribution in [1.29, 1.82) is 5.26 Å². The van der Waals surface area contributed by atoms with Crippen LogP contribution in [0.3, 0.4) is 0 Å². The van der Waals surface area contributed by atoms with Crippen LogP contribution in [0.1, 0.15) is 53.3 Å². The molecule has 158 valence electrons. The Kier molecular flexibility index (Phi) is 3.96. The van der Waals surface area contributed by atoms with Gasteiger partial charge in [-0.05, 0) is 49.3 Å². The number of aromatic nitrogens is 4. The number of nitrogens with one attached hydrogen (secondary N) is 2. The predicted molar refractivity (Wildman–Crippen MR) is 117 cm³/mol. The number of aromatic amines is 1. The molecule has 0 saturated heterocycles. The maximum absolute atomic E-state index is 12.8. The molecule has 2 aliphatic rings. The lowest BCUT2D eigenvalue weighted by molar-refractivity contribution is -0.0197. The molecule has 8 nitrogen and oxygen atoms in total. The van der Waals surface area contributed by atoms with Crippen molar-refractivity contribution in [2.75, 3.05) is 0 Å². The van der Waals surface area contributed by atoms with Crippen molar-refractivity contribution >= 4 is 22.3 Å². The van der Waals surface area contributed by atoms with E-state index in [0.717, 1.165) is 36.8 Å². The molecule has 1 amide bonds. The predicted octanol–water partition coefficient (Wildman–Crippen LogP) is 2.90. The highest BCUT2D eigenvalue weighted by Crippen LogP contribution is 2.62. The van der Waals surface area contributed by atoms with E-state index in [-0.39, 0.29) is 22.9 Å². The van der Waals surface area contributed by atoms with E-state index in [2.05, 4.69) is 26.6 Å². The first-order valence-corrected chi connectivity index (χ1v) is 10.7. The third-order valence-corrected chi connectivity index (χ3v) is 7.04. The Morgan fingerprint density at radius 1 is 1.19 bits per heavy atom. The Morgan fingerprint density at radius 2 is 1.97 bits per heavy atom. The molecule has 0 atom stereocenters. The summed E-state index contributed by atoms with van der Waals surface area (Å²) in [6.07, 6.45) is 7.20. The van der Waals surface area contributed by atoms with Gasteiger partial charge in [-0.2, -0.15) is 10.4 Å². The lowest BCUT2D eigenvalue weighted by Gasteiger charge is -2.57. The van der Waals surface area contributed by atoms with Gasteiger partial charge in [-0.1, -0.05) is 18.2 Å². The first-order valence-electron chi connectivity index (χ1n) is 10.7. The minimum atomic E-state index is -0.152. The molecule has 2 N–H and O–H groups in total. The summed E-state index contributed by atoms with van der Waals surface area (Å²) in [5, 5.41) is 20.8. The summed E-state index contributed by atoms with van der Waals surface area (Å²) >= 11 is 0. The third kappa shape index (κ3) is 2.82. The van der Waals surface area contributed by atoms with Gasteiger partial charge in [0.1, 0.15) is 11.3 Å². The molecule has 0 radical (unpaired) electrons. The Labute approximate surface area is 182 Å². The van der Waals surface area contributed by atoms with Crippen LogP contribution in [-0.2, 0) is 0 Å². The summed E-state index contributed by atoms with van der Waals surface area (Å²) in [4.78, 5) is 29.1. The van der Waals surface area contributed by atoms with E-state index in [9.17, 15) is 9.59 Å². The van der Waals surface area contributed by atoms with Crippen LogP contribution >= 0.6 is 0 Å². The number of nitrogens with zero attached hydrogens (tertiary/aromatic N) is 4. The van der Waals surface area contributed by atoms with E-state index in [0.29, 0.717) is 28.2 Å². The first kappa shape index (κ1) is 18.8. The Hall–Kier alpha value is -3.99. The second-order valence-electron chi connectivity index (χ2n) is 9.07. The van der Waals surface area contributed by atoms with E-state index in [1.54, 1.807) is 28.9 Å². The van der Waals surface area contributed by atoms with Crippen LogP contribution in [0, 0.1) is 16.7 Å². The molecular formula is C24H20N6O2. The summed E-state index contributed by atoms with van der Waals surface area (Å²) in [5.74, 6) is 0.188. The van der Waals surface area contributed by atoms with Gasteiger partial charge in [0, 0.05) is 23.5 Å². The quantitative estimate of drug-likeness (QED) is 0.525. The van der Waals surface area contributed by atoms with Gasteiger partial charge >= 0.3 is 0 Å². The second kappa shape index (κ2) is 6.76. The molecule has 8 heteroatoms. The number of H-pyrrole nitrogens is 1. The van der Waals surface area contributed by atoms with E-state index in [4.69, 9.17) is 5.26 Å². The molecule has 2 aliphatic carbocycles. The van der Waals surface area contributed by atoms with Crippen LogP contribution in [0.5, 0.6) is 0 Å². The molecule has 0 unspecified atom stereocenters. The summed E-state index contributed by atoms with van der Waals surface area (Å²) in [7, 11) is 0. The fraction of sp³-hybridized carbons (Fsp3) is 0.292. The monoisotopic (exact) mass is 424 g/mol. The Morgan fingerprint density at radius 3 is 2.75 bits per heavy atom. The molecular weight excluding hydrogens is 404 g/mol. The van der Waals surface area contributed by atoms with Gasteiger partial charge in [0.2, 0.25) is 0 Å². The molecule has 1 spiro atoms. The number of nitriles is 1. The largest absolute Gasteiger partial charge is 0.348 e. The maximum atomic E-state index is 12.8. The van der Waals surface area contributed by atoms with E-state index in [1.807, 2.05) is 24.3 Å². The molecule has 3 heterocycles. The lowest BCUT2D eigenvalue weighted by atomic mass is 9.49. The number of amides is 1. The lowest BCUT2D eigenvalue weighted by Crippen LogP contribution is -2.55. The molecule has 2 saturated carbocycles. The summed E-state index contributed by atoms with van der Waals surface area (Å²) in [5.41, 5.74) is 2.65. The van der Waals surface area contributed by atoms with E-state index < -0.39 is 0 Å². The molecule has 0 aliphatic heterocycles. The number of pyridine rings is 1. The fourth-order valence-electron chi connectivity index (χ4n) is 5.52. The molecule has 2 fully saturated rings. The molecule has 3 aromatic heterocycles. The van der Waals surface area contributed by atoms with Gasteiger partial charge in [-0.3, -0.25) is 14.0 Å². The van der Waals surface area contributed by atoms with Crippen molar-refractivity contribution < 1.29 is 4.79 Å². The van der Waals surface area contributed by atoms with Crippen molar-refractivity contribution in [3.63, 3.8) is 0 Å². The zero-order valence-corrected chi connectivity index (χ0v) is 17.2. The summed E-state index contributed by atoms with van der Waals surface area (Å²) in [6, 6.07) is 13.2. The Balaban J connectivity index is 1.11. The number of carbonyl (C=O) groups excluding carboxylic acids is 1. The minimum absolute atomic E-state index is 0.146. The molecule has 32 heavy (non-hydrogen) atoms. The number of rotatable bonds is 3. The SMILES string of the molecule is N#Cc1ccn2c(C(=O)N[C@H]3CC4(C3)C[C@H](c3n[nH]c(=O)c5ccccc53)C4)cnc2c1. The van der Waals surface area contributed by atoms with Crippen LogP contribution in [-0.4, -0.2) is 31.5 Å². The zero-order valence-electron chi connectivity index (χ0n) is 17.2. The highest BCUT2D eigenvalue weighted by Gasteiger charge is 2.54. The van der Waals surface area contributed by atoms with Gasteiger partial charge < -0.3 is 5.32 Å². The molecule has 0 bridgehead atoms.